The summed E-state index contributed by atoms with van der Waals surface area (Å²) in [7, 11) is 0. The van der Waals surface area contributed by atoms with Crippen molar-refractivity contribution < 1.29 is 0 Å². The highest BCUT2D eigenvalue weighted by Gasteiger charge is 2.35. The van der Waals surface area contributed by atoms with Crippen molar-refractivity contribution in [2.45, 2.75) is 19.3 Å². The van der Waals surface area contributed by atoms with Crippen molar-refractivity contribution in [2.24, 2.45) is 0 Å². The van der Waals surface area contributed by atoms with Gasteiger partial charge in [0, 0.05) is 22.4 Å². The highest BCUT2D eigenvalue weighted by molar-refractivity contribution is 6.08. The lowest BCUT2D eigenvalue weighted by Gasteiger charge is -2.29. The number of hydrogen-bond donors (Lipinski definition) is 0. The molecule has 0 aliphatic heterocycles. The second-order valence-corrected chi connectivity index (χ2v) is 16.5. The van der Waals surface area contributed by atoms with Gasteiger partial charge < -0.3 is 4.90 Å². The van der Waals surface area contributed by atoms with Gasteiger partial charge in [-0.2, -0.15) is 0 Å². The molecule has 0 atom stereocenters. The van der Waals surface area contributed by atoms with Crippen LogP contribution in [0.5, 0.6) is 0 Å². The van der Waals surface area contributed by atoms with Crippen LogP contribution in [-0.4, -0.2) is 0 Å². The SMILES string of the molecule is CC1(C)c2ccccc2-c2cc(N(c3ccc(-c4ccc5c(ccc6ccccc65)c4)cc3)c3ccccc3-c3ccccc3-c3ccccc3-c3ccccc3)ccc21. The number of para-hydroxylation sites is 1. The number of fused-ring (bicyclic) bond motifs is 6. The van der Waals surface area contributed by atoms with Crippen LogP contribution in [0, 0.1) is 0 Å². The Morgan fingerprint density at radius 2 is 0.833 bits per heavy atom. The molecular weight excluding hydrogens is 723 g/mol. The van der Waals surface area contributed by atoms with E-state index in [0.717, 1.165) is 17.1 Å². The average molecular weight is 766 g/mol. The number of hydrogen-bond acceptors (Lipinski definition) is 1. The lowest BCUT2D eigenvalue weighted by molar-refractivity contribution is 0.660. The molecule has 0 N–H and O–H groups in total. The molecule has 0 unspecified atom stereocenters. The molecule has 10 aromatic rings. The lowest BCUT2D eigenvalue weighted by atomic mass is 9.82. The molecule has 0 radical (unpaired) electrons. The predicted molar refractivity (Wildman–Crippen MR) is 255 cm³/mol. The molecule has 10 aromatic carbocycles. The molecule has 0 bridgehead atoms. The van der Waals surface area contributed by atoms with Crippen molar-refractivity contribution in [3.05, 3.63) is 236 Å². The topological polar surface area (TPSA) is 3.24 Å². The average Bonchev–Trinajstić information content (AvgIpc) is 3.54. The van der Waals surface area contributed by atoms with E-state index in [-0.39, 0.29) is 5.41 Å². The summed E-state index contributed by atoms with van der Waals surface area (Å²) in [4.78, 5) is 2.46. The van der Waals surface area contributed by atoms with Gasteiger partial charge >= 0.3 is 0 Å². The minimum atomic E-state index is -0.0773. The molecule has 0 aromatic heterocycles. The van der Waals surface area contributed by atoms with Crippen LogP contribution in [0.15, 0.2) is 224 Å². The maximum atomic E-state index is 2.46. The van der Waals surface area contributed by atoms with Crippen molar-refractivity contribution in [1.29, 1.82) is 0 Å². The highest BCUT2D eigenvalue weighted by Crippen LogP contribution is 2.52. The zero-order valence-electron chi connectivity index (χ0n) is 33.8. The van der Waals surface area contributed by atoms with E-state index in [0.29, 0.717) is 0 Å². The van der Waals surface area contributed by atoms with Crippen molar-refractivity contribution in [1.82, 2.24) is 0 Å². The highest BCUT2D eigenvalue weighted by atomic mass is 15.1. The Bertz CT molecular complexity index is 3230. The quantitative estimate of drug-likeness (QED) is 0.146. The maximum Gasteiger partial charge on any atom is 0.0540 e. The van der Waals surface area contributed by atoms with Crippen LogP contribution in [0.4, 0.5) is 17.1 Å². The van der Waals surface area contributed by atoms with Crippen molar-refractivity contribution in [3.63, 3.8) is 0 Å². The summed E-state index contributed by atoms with van der Waals surface area (Å²) < 4.78 is 0. The first kappa shape index (κ1) is 35.7. The molecule has 0 fully saturated rings. The largest absolute Gasteiger partial charge is 0.310 e. The molecule has 284 valence electrons. The lowest BCUT2D eigenvalue weighted by Crippen LogP contribution is -2.15. The molecular formula is C59H43N. The summed E-state index contributed by atoms with van der Waals surface area (Å²) in [6.45, 7) is 4.70. The first-order chi connectivity index (χ1) is 29.5. The second-order valence-electron chi connectivity index (χ2n) is 16.5. The first-order valence-electron chi connectivity index (χ1n) is 20.9. The van der Waals surface area contributed by atoms with Gasteiger partial charge in [0.05, 0.1) is 5.69 Å². The maximum absolute atomic E-state index is 2.46. The van der Waals surface area contributed by atoms with Gasteiger partial charge in [-0.1, -0.05) is 202 Å². The zero-order chi connectivity index (χ0) is 40.2. The second kappa shape index (κ2) is 14.4. The summed E-state index contributed by atoms with van der Waals surface area (Å²) in [6, 6.07) is 82.4. The standard InChI is InChI=1S/C59H43N/c1-59(2)56-26-14-12-24-53(56)55-39-46(35-37-57(55)59)60(45-33-30-40(31-34-45)43-32-36-49-44(38-43)29-28-42-18-6-7-19-47(42)49)58-27-15-13-25-54(58)52-23-11-10-22-51(52)50-21-9-8-20-48(50)41-16-4-3-5-17-41/h3-39H,1-2H3. The third kappa shape index (κ3) is 5.93. The molecule has 1 heteroatoms. The Labute approximate surface area is 352 Å². The van der Waals surface area contributed by atoms with Crippen LogP contribution in [0.1, 0.15) is 25.0 Å². The van der Waals surface area contributed by atoms with Crippen LogP contribution in [-0.2, 0) is 5.41 Å². The van der Waals surface area contributed by atoms with E-state index in [1.165, 1.54) is 88.3 Å². The third-order valence-corrected chi connectivity index (χ3v) is 12.7. The van der Waals surface area contributed by atoms with Gasteiger partial charge in [-0.05, 0) is 119 Å². The van der Waals surface area contributed by atoms with Crippen molar-refractivity contribution in [3.8, 4) is 55.6 Å². The summed E-state index contributed by atoms with van der Waals surface area (Å²) in [5.41, 5.74) is 18.2. The van der Waals surface area contributed by atoms with E-state index in [9.17, 15) is 0 Å². The summed E-state index contributed by atoms with van der Waals surface area (Å²) in [5, 5.41) is 5.09. The van der Waals surface area contributed by atoms with Gasteiger partial charge in [0.25, 0.3) is 0 Å². The zero-order valence-corrected chi connectivity index (χ0v) is 33.8. The van der Waals surface area contributed by atoms with Gasteiger partial charge in [-0.3, -0.25) is 0 Å². The van der Waals surface area contributed by atoms with Crippen molar-refractivity contribution in [2.75, 3.05) is 4.90 Å². The summed E-state index contributed by atoms with van der Waals surface area (Å²) >= 11 is 0. The van der Waals surface area contributed by atoms with E-state index in [4.69, 9.17) is 0 Å². The molecule has 11 rings (SSSR count). The smallest absolute Gasteiger partial charge is 0.0540 e. The Kier molecular flexibility index (Phi) is 8.57. The Morgan fingerprint density at radius 3 is 1.62 bits per heavy atom. The van der Waals surface area contributed by atoms with Crippen LogP contribution < -0.4 is 4.90 Å². The Morgan fingerprint density at radius 1 is 0.300 bits per heavy atom. The van der Waals surface area contributed by atoms with E-state index >= 15 is 0 Å². The van der Waals surface area contributed by atoms with Crippen LogP contribution in [0.3, 0.4) is 0 Å². The fraction of sp³-hybridized carbons (Fsp3) is 0.0508. The molecule has 60 heavy (non-hydrogen) atoms. The van der Waals surface area contributed by atoms with Gasteiger partial charge in [0.2, 0.25) is 0 Å². The van der Waals surface area contributed by atoms with E-state index in [1.54, 1.807) is 0 Å². The van der Waals surface area contributed by atoms with Gasteiger partial charge in [0.15, 0.2) is 0 Å². The number of benzene rings is 10. The van der Waals surface area contributed by atoms with Gasteiger partial charge in [0.1, 0.15) is 0 Å². The molecule has 0 spiro atoms. The fourth-order valence-electron chi connectivity index (χ4n) is 9.71. The normalized spacial score (nSPS) is 12.6. The summed E-state index contributed by atoms with van der Waals surface area (Å²) in [6.07, 6.45) is 0. The van der Waals surface area contributed by atoms with E-state index in [2.05, 4.69) is 243 Å². The van der Waals surface area contributed by atoms with Crippen LogP contribution in [0.25, 0.3) is 77.2 Å². The number of nitrogens with zero attached hydrogens (tertiary/aromatic N) is 1. The van der Waals surface area contributed by atoms with Crippen molar-refractivity contribution >= 4 is 38.6 Å². The molecule has 1 aliphatic rings. The minimum absolute atomic E-state index is 0.0773. The molecule has 1 nitrogen and oxygen atoms in total. The monoisotopic (exact) mass is 765 g/mol. The summed E-state index contributed by atoms with van der Waals surface area (Å²) in [5.74, 6) is 0. The third-order valence-electron chi connectivity index (χ3n) is 12.7. The molecule has 1 aliphatic carbocycles. The molecule has 0 saturated carbocycles. The molecule has 0 heterocycles. The molecule has 0 saturated heterocycles. The predicted octanol–water partition coefficient (Wildman–Crippen LogP) is 16.4. The van der Waals surface area contributed by atoms with E-state index in [1.807, 2.05) is 0 Å². The fourth-order valence-corrected chi connectivity index (χ4v) is 9.71. The van der Waals surface area contributed by atoms with Crippen LogP contribution in [0.2, 0.25) is 0 Å². The minimum Gasteiger partial charge on any atom is -0.310 e. The Hall–Kier alpha value is -7.48. The van der Waals surface area contributed by atoms with Gasteiger partial charge in [-0.15, -0.1) is 0 Å². The van der Waals surface area contributed by atoms with E-state index < -0.39 is 0 Å². The molecule has 0 amide bonds. The Balaban J connectivity index is 1.08. The first-order valence-corrected chi connectivity index (χ1v) is 20.9. The van der Waals surface area contributed by atoms with Crippen LogP contribution >= 0.6 is 0 Å². The number of rotatable bonds is 7. The van der Waals surface area contributed by atoms with Gasteiger partial charge in [-0.25, -0.2) is 0 Å². The number of anilines is 3.